The topological polar surface area (TPSA) is 43.8 Å². The minimum Gasteiger partial charge on any atom is -0.327 e. The van der Waals surface area contributed by atoms with Crippen LogP contribution in [0.4, 0.5) is 0 Å². The van der Waals surface area contributed by atoms with Gasteiger partial charge in [-0.2, -0.15) is 5.10 Å². The zero-order valence-corrected chi connectivity index (χ0v) is 7.45. The van der Waals surface area contributed by atoms with Crippen LogP contribution >= 0.6 is 0 Å². The van der Waals surface area contributed by atoms with E-state index >= 15 is 0 Å². The molecule has 0 aliphatic heterocycles. The lowest BCUT2D eigenvalue weighted by atomic mass is 9.94. The molecule has 1 atom stereocenters. The second-order valence-corrected chi connectivity index (χ2v) is 3.44. The molecule has 1 aliphatic rings. The molecule has 0 fully saturated rings. The van der Waals surface area contributed by atoms with Crippen LogP contribution in [0.25, 0.3) is 0 Å². The maximum Gasteiger partial charge on any atom is 0.0524 e. The quantitative estimate of drug-likeness (QED) is 0.666. The fourth-order valence-electron chi connectivity index (χ4n) is 1.86. The van der Waals surface area contributed by atoms with Gasteiger partial charge in [-0.3, -0.25) is 4.68 Å². The van der Waals surface area contributed by atoms with Gasteiger partial charge in [-0.05, 0) is 25.3 Å². The SMILES string of the molecule is CCn1ncc2c1C[C@H](N)CC2. The number of nitrogens with two attached hydrogens (primary N) is 1. The van der Waals surface area contributed by atoms with E-state index in [2.05, 4.69) is 16.7 Å². The first-order chi connectivity index (χ1) is 5.81. The number of nitrogens with zero attached hydrogens (tertiary/aromatic N) is 2. The summed E-state index contributed by atoms with van der Waals surface area (Å²) in [7, 11) is 0. The van der Waals surface area contributed by atoms with Crippen LogP contribution in [0.15, 0.2) is 6.20 Å². The highest BCUT2D eigenvalue weighted by Crippen LogP contribution is 2.19. The van der Waals surface area contributed by atoms with Crippen molar-refractivity contribution in [1.29, 1.82) is 0 Å². The van der Waals surface area contributed by atoms with Crippen LogP contribution in [0.1, 0.15) is 24.6 Å². The first-order valence-corrected chi connectivity index (χ1v) is 4.60. The molecule has 3 heteroatoms. The van der Waals surface area contributed by atoms with Gasteiger partial charge in [0.05, 0.1) is 6.20 Å². The smallest absolute Gasteiger partial charge is 0.0524 e. The number of hydrogen-bond donors (Lipinski definition) is 1. The molecule has 0 saturated carbocycles. The normalized spacial score (nSPS) is 22.3. The fourth-order valence-corrected chi connectivity index (χ4v) is 1.86. The van der Waals surface area contributed by atoms with Gasteiger partial charge in [0.25, 0.3) is 0 Å². The molecule has 0 aromatic carbocycles. The third-order valence-electron chi connectivity index (χ3n) is 2.57. The average molecular weight is 165 g/mol. The molecule has 66 valence electrons. The first-order valence-electron chi connectivity index (χ1n) is 4.60. The van der Waals surface area contributed by atoms with Gasteiger partial charge in [0.1, 0.15) is 0 Å². The molecule has 3 nitrogen and oxygen atoms in total. The van der Waals surface area contributed by atoms with E-state index in [1.54, 1.807) is 0 Å². The Morgan fingerprint density at radius 1 is 1.75 bits per heavy atom. The molecule has 0 spiro atoms. The van der Waals surface area contributed by atoms with Crippen molar-refractivity contribution >= 4 is 0 Å². The van der Waals surface area contributed by atoms with Crippen molar-refractivity contribution in [3.05, 3.63) is 17.5 Å². The zero-order chi connectivity index (χ0) is 8.55. The van der Waals surface area contributed by atoms with E-state index in [0.717, 1.165) is 25.8 Å². The van der Waals surface area contributed by atoms with Gasteiger partial charge in [-0.25, -0.2) is 0 Å². The van der Waals surface area contributed by atoms with Crippen molar-refractivity contribution in [1.82, 2.24) is 9.78 Å². The highest BCUT2D eigenvalue weighted by Gasteiger charge is 2.18. The number of fused-ring (bicyclic) bond motifs is 1. The molecule has 1 heterocycles. The lowest BCUT2D eigenvalue weighted by Crippen LogP contribution is -2.28. The van der Waals surface area contributed by atoms with Crippen molar-refractivity contribution in [2.24, 2.45) is 5.73 Å². The Balaban J connectivity index is 2.34. The third-order valence-corrected chi connectivity index (χ3v) is 2.57. The maximum atomic E-state index is 5.89. The van der Waals surface area contributed by atoms with Crippen LogP contribution < -0.4 is 5.73 Å². The molecule has 1 aromatic rings. The summed E-state index contributed by atoms with van der Waals surface area (Å²) in [6, 6.07) is 0.347. The molecule has 12 heavy (non-hydrogen) atoms. The van der Waals surface area contributed by atoms with Gasteiger partial charge in [0, 0.05) is 24.7 Å². The lowest BCUT2D eigenvalue weighted by molar-refractivity contribution is 0.528. The van der Waals surface area contributed by atoms with Gasteiger partial charge in [-0.15, -0.1) is 0 Å². The minimum atomic E-state index is 0.347. The van der Waals surface area contributed by atoms with Crippen LogP contribution in [-0.4, -0.2) is 15.8 Å². The molecular formula is C9H15N3. The first kappa shape index (κ1) is 7.80. The predicted molar refractivity (Wildman–Crippen MR) is 47.9 cm³/mol. The largest absolute Gasteiger partial charge is 0.327 e. The molecule has 0 amide bonds. The standard InChI is InChI=1S/C9H15N3/c1-2-12-9-5-8(10)4-3-7(9)6-11-12/h6,8H,2-5,10H2,1H3/t8-/m1/s1. The Morgan fingerprint density at radius 2 is 2.58 bits per heavy atom. The number of hydrogen-bond acceptors (Lipinski definition) is 2. The summed E-state index contributed by atoms with van der Waals surface area (Å²) in [5.74, 6) is 0. The van der Waals surface area contributed by atoms with E-state index in [0.29, 0.717) is 6.04 Å². The summed E-state index contributed by atoms with van der Waals surface area (Å²) in [5.41, 5.74) is 8.65. The predicted octanol–water partition coefficient (Wildman–Crippen LogP) is 0.719. The molecule has 0 saturated heterocycles. The number of aryl methyl sites for hydroxylation is 2. The van der Waals surface area contributed by atoms with E-state index in [-0.39, 0.29) is 0 Å². The van der Waals surface area contributed by atoms with Gasteiger partial charge in [0.15, 0.2) is 0 Å². The minimum absolute atomic E-state index is 0.347. The lowest BCUT2D eigenvalue weighted by Gasteiger charge is -2.19. The van der Waals surface area contributed by atoms with Gasteiger partial charge >= 0.3 is 0 Å². The molecule has 1 aromatic heterocycles. The van der Waals surface area contributed by atoms with E-state index in [1.807, 2.05) is 6.20 Å². The Labute approximate surface area is 72.6 Å². The second-order valence-electron chi connectivity index (χ2n) is 3.44. The van der Waals surface area contributed by atoms with Crippen molar-refractivity contribution in [2.45, 2.75) is 38.8 Å². The maximum absolute atomic E-state index is 5.89. The molecule has 2 N–H and O–H groups in total. The molecule has 0 radical (unpaired) electrons. The summed E-state index contributed by atoms with van der Waals surface area (Å²) < 4.78 is 2.06. The Kier molecular flexibility index (Phi) is 1.89. The summed E-state index contributed by atoms with van der Waals surface area (Å²) in [4.78, 5) is 0. The van der Waals surface area contributed by atoms with Crippen LogP contribution in [-0.2, 0) is 19.4 Å². The number of aromatic nitrogens is 2. The molecule has 0 unspecified atom stereocenters. The molecular weight excluding hydrogens is 150 g/mol. The molecule has 0 bridgehead atoms. The van der Waals surface area contributed by atoms with Crippen LogP contribution in [0.2, 0.25) is 0 Å². The summed E-state index contributed by atoms with van der Waals surface area (Å²) in [6.45, 7) is 3.08. The van der Waals surface area contributed by atoms with E-state index < -0.39 is 0 Å². The monoisotopic (exact) mass is 165 g/mol. The van der Waals surface area contributed by atoms with Crippen LogP contribution in [0, 0.1) is 0 Å². The molecule has 2 rings (SSSR count). The van der Waals surface area contributed by atoms with Crippen molar-refractivity contribution in [3.63, 3.8) is 0 Å². The summed E-state index contributed by atoms with van der Waals surface area (Å²) >= 11 is 0. The summed E-state index contributed by atoms with van der Waals surface area (Å²) in [5, 5.41) is 4.31. The van der Waals surface area contributed by atoms with E-state index in [1.165, 1.54) is 11.3 Å². The van der Waals surface area contributed by atoms with Gasteiger partial charge < -0.3 is 5.73 Å². The van der Waals surface area contributed by atoms with Gasteiger partial charge in [0.2, 0.25) is 0 Å². The Hall–Kier alpha value is -0.830. The van der Waals surface area contributed by atoms with Crippen molar-refractivity contribution in [3.8, 4) is 0 Å². The van der Waals surface area contributed by atoms with Crippen LogP contribution in [0.5, 0.6) is 0 Å². The molecule has 1 aliphatic carbocycles. The van der Waals surface area contributed by atoms with E-state index in [4.69, 9.17) is 5.73 Å². The van der Waals surface area contributed by atoms with E-state index in [9.17, 15) is 0 Å². The highest BCUT2D eigenvalue weighted by molar-refractivity contribution is 5.22. The summed E-state index contributed by atoms with van der Waals surface area (Å²) in [6.07, 6.45) is 5.22. The third kappa shape index (κ3) is 1.14. The zero-order valence-electron chi connectivity index (χ0n) is 7.45. The second kappa shape index (κ2) is 2.90. The van der Waals surface area contributed by atoms with Gasteiger partial charge in [-0.1, -0.05) is 0 Å². The highest BCUT2D eigenvalue weighted by atomic mass is 15.3. The fraction of sp³-hybridized carbons (Fsp3) is 0.667. The number of rotatable bonds is 1. The van der Waals surface area contributed by atoms with Crippen LogP contribution in [0.3, 0.4) is 0 Å². The Bertz CT molecular complexity index is 264. The van der Waals surface area contributed by atoms with Crippen molar-refractivity contribution in [2.75, 3.05) is 0 Å². The van der Waals surface area contributed by atoms with Crippen molar-refractivity contribution < 1.29 is 0 Å². The average Bonchev–Trinajstić information content (AvgIpc) is 2.46. The Morgan fingerprint density at radius 3 is 3.33 bits per heavy atom.